The van der Waals surface area contributed by atoms with E-state index in [2.05, 4.69) is 10.9 Å². The average Bonchev–Trinajstić information content (AvgIpc) is 2.47. The van der Waals surface area contributed by atoms with E-state index in [1.165, 1.54) is 12.1 Å². The van der Waals surface area contributed by atoms with Crippen LogP contribution in [0.5, 0.6) is 0 Å². The molecule has 1 aromatic carbocycles. The van der Waals surface area contributed by atoms with E-state index in [1.54, 1.807) is 12.1 Å². The smallest absolute Gasteiger partial charge is 0.316 e. The highest BCUT2D eigenvalue weighted by molar-refractivity contribution is 7.91. The number of aryl methyl sites for hydroxylation is 1. The van der Waals surface area contributed by atoms with Crippen molar-refractivity contribution in [2.45, 2.75) is 44.1 Å². The zero-order valence-electron chi connectivity index (χ0n) is 13.7. The average molecular weight is 334 g/mol. The van der Waals surface area contributed by atoms with Gasteiger partial charge >= 0.3 is 5.88 Å². The molecule has 1 aromatic rings. The Balaban J connectivity index is 0.000000238. The summed E-state index contributed by atoms with van der Waals surface area (Å²) in [6.45, 7) is 13.2. The molecule has 124 valence electrons. The number of sulfone groups is 1. The molecule has 1 fully saturated rings. The van der Waals surface area contributed by atoms with Gasteiger partial charge in [-0.1, -0.05) is 17.7 Å². The van der Waals surface area contributed by atoms with Crippen LogP contribution in [0.4, 0.5) is 0 Å². The molecule has 0 aromatic heterocycles. The predicted octanol–water partition coefficient (Wildman–Crippen LogP) is 3.36. The van der Waals surface area contributed by atoms with Crippen LogP contribution in [-0.2, 0) is 14.6 Å². The Morgan fingerprint density at radius 3 is 2.43 bits per heavy atom. The van der Waals surface area contributed by atoms with Crippen molar-refractivity contribution in [2.24, 2.45) is 5.92 Å². The summed E-state index contributed by atoms with van der Waals surface area (Å²) >= 11 is 0. The molecule has 0 saturated carbocycles. The largest absolute Gasteiger partial charge is 0.375 e. The highest BCUT2D eigenvalue weighted by Gasteiger charge is 2.28. The zero-order chi connectivity index (χ0) is 17.5. The Labute approximate surface area is 138 Å². The molecule has 0 bridgehead atoms. The molecule has 0 spiro atoms. The highest BCUT2D eigenvalue weighted by atomic mass is 32.2. The van der Waals surface area contributed by atoms with Gasteiger partial charge in [0.1, 0.15) is 0 Å². The van der Waals surface area contributed by atoms with Crippen LogP contribution >= 0.6 is 0 Å². The van der Waals surface area contributed by atoms with Crippen LogP contribution in [0, 0.1) is 30.7 Å². The minimum absolute atomic E-state index is 0.0708. The number of hydrogen-bond donors (Lipinski definition) is 0. The summed E-state index contributed by atoms with van der Waals surface area (Å²) < 4.78 is 28.1. The van der Waals surface area contributed by atoms with Crippen molar-refractivity contribution < 1.29 is 13.2 Å². The molecule has 0 amide bonds. The molecule has 5 nitrogen and oxygen atoms in total. The van der Waals surface area contributed by atoms with Gasteiger partial charge in [0.15, 0.2) is 0 Å². The molecule has 1 atom stereocenters. The van der Waals surface area contributed by atoms with Crippen LogP contribution in [0.3, 0.4) is 0 Å². The van der Waals surface area contributed by atoms with Crippen molar-refractivity contribution in [3.8, 4) is 6.07 Å². The van der Waals surface area contributed by atoms with E-state index in [0.29, 0.717) is 0 Å². The Hall–Kier alpha value is -1.89. The van der Waals surface area contributed by atoms with Gasteiger partial charge in [0.05, 0.1) is 22.5 Å². The molecule has 2 rings (SSSR count). The van der Waals surface area contributed by atoms with Crippen molar-refractivity contribution in [1.29, 1.82) is 5.26 Å². The fraction of sp³-hybridized carbons (Fsp3) is 0.529. The number of nitrogens with zero attached hydrogens (tertiary/aromatic N) is 2. The lowest BCUT2D eigenvalue weighted by Crippen LogP contribution is -2.33. The first-order chi connectivity index (χ1) is 10.7. The third kappa shape index (κ3) is 6.40. The van der Waals surface area contributed by atoms with Gasteiger partial charge in [-0.05, 0) is 45.7 Å². The van der Waals surface area contributed by atoms with Crippen LogP contribution in [-0.4, -0.2) is 26.5 Å². The Bertz CT molecular complexity index is 695. The number of benzene rings is 1. The van der Waals surface area contributed by atoms with Gasteiger partial charge in [-0.25, -0.2) is 15.0 Å². The fourth-order valence-corrected chi connectivity index (χ4v) is 3.12. The molecule has 1 saturated heterocycles. The van der Waals surface area contributed by atoms with Crippen LogP contribution in [0.2, 0.25) is 0 Å². The lowest BCUT2D eigenvalue weighted by Gasteiger charge is -2.32. The van der Waals surface area contributed by atoms with Crippen molar-refractivity contribution in [1.82, 2.24) is 0 Å². The summed E-state index contributed by atoms with van der Waals surface area (Å²) in [5.41, 5.74) is 0.931. The minimum Gasteiger partial charge on any atom is -0.375 e. The summed E-state index contributed by atoms with van der Waals surface area (Å²) in [6, 6.07) is 8.76. The van der Waals surface area contributed by atoms with E-state index in [-0.39, 0.29) is 16.4 Å². The monoisotopic (exact) mass is 334 g/mol. The quantitative estimate of drug-likeness (QED) is 0.778. The second-order valence-electron chi connectivity index (χ2n) is 6.14. The van der Waals surface area contributed by atoms with Gasteiger partial charge in [0.2, 0.25) is 0 Å². The van der Waals surface area contributed by atoms with Gasteiger partial charge in [0, 0.05) is 6.61 Å². The molecular formula is C17H22N2O3S. The van der Waals surface area contributed by atoms with E-state index in [1.807, 2.05) is 20.8 Å². The lowest BCUT2D eigenvalue weighted by molar-refractivity contribution is -0.0633. The van der Waals surface area contributed by atoms with Crippen molar-refractivity contribution in [2.75, 3.05) is 12.5 Å². The third-order valence-electron chi connectivity index (χ3n) is 3.49. The highest BCUT2D eigenvalue weighted by Crippen LogP contribution is 2.27. The van der Waals surface area contributed by atoms with Crippen molar-refractivity contribution in [3.63, 3.8) is 0 Å². The summed E-state index contributed by atoms with van der Waals surface area (Å²) in [6.07, 6.45) is 1.78. The standard InChI is InChI=1S/C9H9NO2S.C8H13NO/c1-8-3-5-9(6-4-8)13(11,12)7-10-2;1-8(2)5-7(6-9)3-4-10-8/h3-6H,7H2,1H3;7H,3-5H2,1-2H3. The molecule has 0 radical (unpaired) electrons. The Kier molecular flexibility index (Phi) is 6.75. The number of ether oxygens (including phenoxy) is 1. The Morgan fingerprint density at radius 2 is 2.00 bits per heavy atom. The van der Waals surface area contributed by atoms with Gasteiger partial charge in [-0.15, -0.1) is 0 Å². The maximum Gasteiger partial charge on any atom is 0.316 e. The van der Waals surface area contributed by atoms with E-state index in [0.717, 1.165) is 25.0 Å². The molecule has 1 heterocycles. The molecule has 1 unspecified atom stereocenters. The predicted molar refractivity (Wildman–Crippen MR) is 88.2 cm³/mol. The Morgan fingerprint density at radius 1 is 1.39 bits per heavy atom. The lowest BCUT2D eigenvalue weighted by atomic mass is 9.90. The summed E-state index contributed by atoms with van der Waals surface area (Å²) in [5, 5.41) is 8.62. The fourth-order valence-electron chi connectivity index (χ4n) is 2.25. The second-order valence-corrected chi connectivity index (χ2v) is 8.10. The van der Waals surface area contributed by atoms with Crippen LogP contribution in [0.15, 0.2) is 29.2 Å². The van der Waals surface area contributed by atoms with Crippen molar-refractivity contribution in [3.05, 3.63) is 41.2 Å². The van der Waals surface area contributed by atoms with Crippen LogP contribution < -0.4 is 0 Å². The maximum atomic E-state index is 11.3. The van der Waals surface area contributed by atoms with E-state index < -0.39 is 15.7 Å². The summed E-state index contributed by atoms with van der Waals surface area (Å²) in [4.78, 5) is 3.08. The maximum absolute atomic E-state index is 11.3. The summed E-state index contributed by atoms with van der Waals surface area (Å²) in [7, 11) is -3.38. The number of hydrogen-bond acceptors (Lipinski definition) is 4. The molecule has 1 aliphatic heterocycles. The van der Waals surface area contributed by atoms with Gasteiger partial charge in [0.25, 0.3) is 9.84 Å². The molecule has 6 heteroatoms. The first-order valence-electron chi connectivity index (χ1n) is 7.36. The zero-order valence-corrected chi connectivity index (χ0v) is 14.6. The second kappa shape index (κ2) is 8.10. The first-order valence-corrected chi connectivity index (χ1v) is 9.01. The molecular weight excluding hydrogens is 312 g/mol. The number of rotatable bonds is 2. The first kappa shape index (κ1) is 19.2. The van der Waals surface area contributed by atoms with Crippen molar-refractivity contribution >= 4 is 9.84 Å². The van der Waals surface area contributed by atoms with E-state index in [9.17, 15) is 8.42 Å². The normalized spacial score (nSPS) is 19.6. The summed E-state index contributed by atoms with van der Waals surface area (Å²) in [5.74, 6) is -0.264. The van der Waals surface area contributed by atoms with Gasteiger partial charge in [-0.2, -0.15) is 5.26 Å². The third-order valence-corrected chi connectivity index (χ3v) is 4.95. The van der Waals surface area contributed by atoms with E-state index in [4.69, 9.17) is 16.6 Å². The molecule has 0 aliphatic carbocycles. The molecule has 0 N–H and O–H groups in total. The molecule has 23 heavy (non-hydrogen) atoms. The topological polar surface area (TPSA) is 71.5 Å². The minimum atomic E-state index is -3.38. The number of nitriles is 1. The van der Waals surface area contributed by atoms with Gasteiger partial charge in [-0.3, -0.25) is 4.85 Å². The van der Waals surface area contributed by atoms with Crippen LogP contribution in [0.1, 0.15) is 32.3 Å². The van der Waals surface area contributed by atoms with Crippen LogP contribution in [0.25, 0.3) is 4.85 Å². The van der Waals surface area contributed by atoms with E-state index >= 15 is 0 Å². The SMILES string of the molecule is CC1(C)CC(C#N)CCO1.[C-]#[N+]CS(=O)(=O)c1ccc(C)cc1. The molecule has 1 aliphatic rings. The van der Waals surface area contributed by atoms with Gasteiger partial charge < -0.3 is 4.74 Å².